The molecule has 0 saturated heterocycles. The van der Waals surface area contributed by atoms with Gasteiger partial charge in [0, 0.05) is 0 Å². The van der Waals surface area contributed by atoms with Gasteiger partial charge in [-0.3, -0.25) is 0 Å². The third kappa shape index (κ3) is 4.93. The largest absolute Gasteiger partial charge is 0.240 e. The molecule has 0 atom stereocenters. The summed E-state index contributed by atoms with van der Waals surface area (Å²) in [5.74, 6) is 0. The number of hydrogen-bond donors (Lipinski definition) is 0. The van der Waals surface area contributed by atoms with Crippen molar-refractivity contribution < 1.29 is 0 Å². The van der Waals surface area contributed by atoms with Gasteiger partial charge in [0.05, 0.1) is 0 Å². The van der Waals surface area contributed by atoms with Gasteiger partial charge in [0.15, 0.2) is 0 Å². The van der Waals surface area contributed by atoms with E-state index in [0.29, 0.717) is 0 Å². The van der Waals surface area contributed by atoms with Gasteiger partial charge in [-0.15, -0.1) is 0 Å². The second kappa shape index (κ2) is 9.62. The zero-order valence-corrected chi connectivity index (χ0v) is 13.9. The molecule has 0 radical (unpaired) electrons. The SMILES string of the molecule is C=C/C=C\C(=C/C)B(/C(C=C)=C/C=C\C)c1ccc(C)cc1. The van der Waals surface area contributed by atoms with Crippen molar-refractivity contribution in [3.63, 3.8) is 0 Å². The number of allylic oxidation sites excluding steroid dienone is 10. The Balaban J connectivity index is 3.42. The maximum atomic E-state index is 4.00. The van der Waals surface area contributed by atoms with Crippen molar-refractivity contribution in [2.75, 3.05) is 0 Å². The Labute approximate surface area is 136 Å². The summed E-state index contributed by atoms with van der Waals surface area (Å²) >= 11 is 0. The van der Waals surface area contributed by atoms with Gasteiger partial charge in [-0.2, -0.15) is 0 Å². The Morgan fingerprint density at radius 1 is 1.00 bits per heavy atom. The first-order valence-corrected chi connectivity index (χ1v) is 7.65. The van der Waals surface area contributed by atoms with Crippen molar-refractivity contribution in [3.8, 4) is 0 Å². The Bertz CT molecular complexity index is 610. The first-order chi connectivity index (χ1) is 10.7. The summed E-state index contributed by atoms with van der Waals surface area (Å²) < 4.78 is 0. The minimum absolute atomic E-state index is 0.176. The molecule has 0 fully saturated rings. The summed E-state index contributed by atoms with van der Waals surface area (Å²) in [6, 6.07) is 8.70. The van der Waals surface area contributed by atoms with E-state index in [2.05, 4.69) is 75.6 Å². The van der Waals surface area contributed by atoms with Crippen LogP contribution in [0.2, 0.25) is 0 Å². The Morgan fingerprint density at radius 3 is 2.18 bits per heavy atom. The van der Waals surface area contributed by atoms with Gasteiger partial charge in [-0.25, -0.2) is 0 Å². The predicted molar refractivity (Wildman–Crippen MR) is 103 cm³/mol. The normalized spacial score (nSPS) is 12.9. The molecule has 0 unspecified atom stereocenters. The summed E-state index contributed by atoms with van der Waals surface area (Å²) in [5.41, 5.74) is 4.95. The fourth-order valence-electron chi connectivity index (χ4n) is 2.36. The maximum Gasteiger partial charge on any atom is 0.240 e. The van der Waals surface area contributed by atoms with Gasteiger partial charge in [0.1, 0.15) is 0 Å². The number of benzene rings is 1. The predicted octanol–water partition coefficient (Wildman–Crippen LogP) is 5.15. The highest BCUT2D eigenvalue weighted by Crippen LogP contribution is 2.15. The van der Waals surface area contributed by atoms with Crippen LogP contribution in [0.4, 0.5) is 0 Å². The Kier molecular flexibility index (Phi) is 7.78. The van der Waals surface area contributed by atoms with Crippen LogP contribution in [0.5, 0.6) is 0 Å². The minimum Gasteiger partial charge on any atom is -0.0996 e. The second-order valence-electron chi connectivity index (χ2n) is 5.12. The highest BCUT2D eigenvalue weighted by atomic mass is 14.0. The zero-order valence-electron chi connectivity index (χ0n) is 13.9. The molecule has 112 valence electrons. The van der Waals surface area contributed by atoms with Crippen molar-refractivity contribution >= 4 is 12.2 Å². The summed E-state index contributed by atoms with van der Waals surface area (Å²) in [4.78, 5) is 0. The molecule has 1 aromatic rings. The smallest absolute Gasteiger partial charge is 0.0996 e. The summed E-state index contributed by atoms with van der Waals surface area (Å²) in [5, 5.41) is 0. The molecular formula is C21H25B. The van der Waals surface area contributed by atoms with E-state index in [1.165, 1.54) is 22.0 Å². The molecular weight excluding hydrogens is 263 g/mol. The molecule has 0 heterocycles. The molecule has 0 spiro atoms. The molecule has 0 aliphatic heterocycles. The third-order valence-electron chi connectivity index (χ3n) is 3.55. The van der Waals surface area contributed by atoms with Crippen LogP contribution < -0.4 is 5.46 Å². The molecule has 0 bridgehead atoms. The van der Waals surface area contributed by atoms with Crippen LogP contribution in [0.15, 0.2) is 97.0 Å². The molecule has 0 aliphatic carbocycles. The molecule has 0 saturated carbocycles. The van der Waals surface area contributed by atoms with Crippen LogP contribution in [0, 0.1) is 6.92 Å². The van der Waals surface area contributed by atoms with E-state index in [4.69, 9.17) is 0 Å². The molecule has 1 aromatic carbocycles. The average molecular weight is 288 g/mol. The van der Waals surface area contributed by atoms with Gasteiger partial charge in [-0.05, 0) is 20.8 Å². The van der Waals surface area contributed by atoms with Crippen LogP contribution in [0.1, 0.15) is 19.4 Å². The summed E-state index contributed by atoms with van der Waals surface area (Å²) in [6.07, 6.45) is 16.2. The molecule has 0 aromatic heterocycles. The fourth-order valence-corrected chi connectivity index (χ4v) is 2.36. The van der Waals surface area contributed by atoms with E-state index in [1.807, 2.05) is 25.2 Å². The number of aryl methyl sites for hydroxylation is 1. The molecule has 0 nitrogen and oxygen atoms in total. The lowest BCUT2D eigenvalue weighted by Gasteiger charge is -2.17. The van der Waals surface area contributed by atoms with Crippen LogP contribution in [-0.4, -0.2) is 6.71 Å². The second-order valence-corrected chi connectivity index (χ2v) is 5.12. The van der Waals surface area contributed by atoms with Crippen molar-refractivity contribution in [1.29, 1.82) is 0 Å². The lowest BCUT2D eigenvalue weighted by atomic mass is 9.35. The highest BCUT2D eigenvalue weighted by Gasteiger charge is 2.22. The molecule has 1 heteroatoms. The standard InChI is InChI=1S/C21H25B/c1-6-10-12-19(8-3)22(20(9-4)13-11-7-2)21-16-14-18(5)15-17-21/h6-17H,1,4H2,2-3,5H3/b11-7-,12-10-,19-8+,20-13+. The van der Waals surface area contributed by atoms with E-state index >= 15 is 0 Å². The third-order valence-corrected chi connectivity index (χ3v) is 3.55. The van der Waals surface area contributed by atoms with E-state index < -0.39 is 0 Å². The molecule has 0 aliphatic rings. The van der Waals surface area contributed by atoms with E-state index in [1.54, 1.807) is 6.08 Å². The topological polar surface area (TPSA) is 0 Å². The van der Waals surface area contributed by atoms with Crippen LogP contribution >= 0.6 is 0 Å². The Hall–Kier alpha value is -2.28. The average Bonchev–Trinajstić information content (AvgIpc) is 2.55. The highest BCUT2D eigenvalue weighted by molar-refractivity contribution is 6.87. The van der Waals surface area contributed by atoms with E-state index in [-0.39, 0.29) is 6.71 Å². The van der Waals surface area contributed by atoms with Crippen LogP contribution in [0.3, 0.4) is 0 Å². The van der Waals surface area contributed by atoms with Gasteiger partial charge in [-0.1, -0.05) is 108 Å². The maximum absolute atomic E-state index is 4.00. The molecule has 0 N–H and O–H groups in total. The number of hydrogen-bond acceptors (Lipinski definition) is 0. The lowest BCUT2D eigenvalue weighted by Crippen LogP contribution is -2.34. The zero-order chi connectivity index (χ0) is 16.4. The van der Waals surface area contributed by atoms with Crippen molar-refractivity contribution in [3.05, 3.63) is 103 Å². The lowest BCUT2D eigenvalue weighted by molar-refractivity contribution is 1.49. The summed E-state index contributed by atoms with van der Waals surface area (Å²) in [7, 11) is 0. The monoisotopic (exact) mass is 288 g/mol. The summed E-state index contributed by atoms with van der Waals surface area (Å²) in [6.45, 7) is 14.1. The molecule has 0 amide bonds. The first kappa shape index (κ1) is 17.8. The van der Waals surface area contributed by atoms with E-state index in [9.17, 15) is 0 Å². The van der Waals surface area contributed by atoms with Crippen LogP contribution in [0.25, 0.3) is 0 Å². The van der Waals surface area contributed by atoms with Crippen LogP contribution in [-0.2, 0) is 0 Å². The van der Waals surface area contributed by atoms with Crippen molar-refractivity contribution in [2.24, 2.45) is 0 Å². The van der Waals surface area contributed by atoms with E-state index in [0.717, 1.165) is 0 Å². The van der Waals surface area contributed by atoms with Crippen molar-refractivity contribution in [1.82, 2.24) is 0 Å². The number of rotatable bonds is 7. The van der Waals surface area contributed by atoms with Gasteiger partial charge in [0.25, 0.3) is 0 Å². The van der Waals surface area contributed by atoms with Gasteiger partial charge in [0.2, 0.25) is 6.71 Å². The van der Waals surface area contributed by atoms with Gasteiger partial charge < -0.3 is 0 Å². The van der Waals surface area contributed by atoms with Gasteiger partial charge >= 0.3 is 0 Å². The minimum atomic E-state index is 0.176. The molecule has 22 heavy (non-hydrogen) atoms. The van der Waals surface area contributed by atoms with Crippen molar-refractivity contribution in [2.45, 2.75) is 20.8 Å². The quantitative estimate of drug-likeness (QED) is 0.480. The molecule has 1 rings (SSSR count). The Morgan fingerprint density at radius 2 is 1.68 bits per heavy atom. The fraction of sp³-hybridized carbons (Fsp3) is 0.143. The first-order valence-electron chi connectivity index (χ1n) is 7.65.